The third kappa shape index (κ3) is 2.94. The Hall–Kier alpha value is -3.81. The number of esters is 1. The molecule has 8 heteroatoms. The molecule has 8 nitrogen and oxygen atoms in total. The molecule has 0 fully saturated rings. The van der Waals surface area contributed by atoms with Crippen molar-refractivity contribution in [3.63, 3.8) is 0 Å². The van der Waals surface area contributed by atoms with Crippen molar-refractivity contribution in [2.75, 3.05) is 6.61 Å². The summed E-state index contributed by atoms with van der Waals surface area (Å²) in [5, 5.41) is 8.81. The van der Waals surface area contributed by atoms with E-state index in [2.05, 4.69) is 9.97 Å². The number of rotatable bonds is 4. The summed E-state index contributed by atoms with van der Waals surface area (Å²) in [4.78, 5) is 34.0. The lowest BCUT2D eigenvalue weighted by atomic mass is 10.2. The van der Waals surface area contributed by atoms with Crippen molar-refractivity contribution in [1.29, 1.82) is 5.41 Å². The number of nitrogens with one attached hydrogen (secondary N) is 1. The Kier molecular flexibility index (Phi) is 4.44. The van der Waals surface area contributed by atoms with E-state index in [0.29, 0.717) is 11.3 Å². The Bertz CT molecular complexity index is 1310. The SMILES string of the molecule is CCOC(=O)c1cc2c(=O)n3ccccc3nc2n(Cc2ccncc2)c1=N. The minimum Gasteiger partial charge on any atom is -0.462 e. The summed E-state index contributed by atoms with van der Waals surface area (Å²) in [5.74, 6) is -0.643. The van der Waals surface area contributed by atoms with E-state index in [1.54, 1.807) is 48.3 Å². The molecule has 0 aliphatic carbocycles. The van der Waals surface area contributed by atoms with Gasteiger partial charge >= 0.3 is 5.97 Å². The first kappa shape index (κ1) is 17.6. The topological polar surface area (TPSA) is 102 Å². The molecule has 1 N–H and O–H groups in total. The van der Waals surface area contributed by atoms with Crippen LogP contribution in [-0.2, 0) is 11.3 Å². The molecule has 0 aromatic carbocycles. The molecular weight excluding hydrogens is 358 g/mol. The van der Waals surface area contributed by atoms with E-state index in [4.69, 9.17) is 10.1 Å². The van der Waals surface area contributed by atoms with Crippen LogP contribution in [-0.4, -0.2) is 31.5 Å². The fourth-order valence-corrected chi connectivity index (χ4v) is 3.08. The number of nitrogens with zero attached hydrogens (tertiary/aromatic N) is 4. The summed E-state index contributed by atoms with van der Waals surface area (Å²) >= 11 is 0. The van der Waals surface area contributed by atoms with Crippen LogP contribution in [0.25, 0.3) is 16.7 Å². The maximum Gasteiger partial charge on any atom is 0.341 e. The molecule has 0 amide bonds. The van der Waals surface area contributed by atoms with Gasteiger partial charge in [0.2, 0.25) is 0 Å². The van der Waals surface area contributed by atoms with Crippen LogP contribution in [0.1, 0.15) is 22.8 Å². The molecule has 140 valence electrons. The van der Waals surface area contributed by atoms with E-state index in [1.165, 1.54) is 10.5 Å². The first-order chi connectivity index (χ1) is 13.6. The van der Waals surface area contributed by atoms with E-state index in [9.17, 15) is 9.59 Å². The average Bonchev–Trinajstić information content (AvgIpc) is 2.71. The molecule has 0 unspecified atom stereocenters. The Morgan fingerprint density at radius 1 is 1.21 bits per heavy atom. The molecule has 4 aromatic heterocycles. The Balaban J connectivity index is 2.08. The van der Waals surface area contributed by atoms with Crippen molar-refractivity contribution in [1.82, 2.24) is 18.9 Å². The predicted octanol–water partition coefficient (Wildman–Crippen LogP) is 1.75. The van der Waals surface area contributed by atoms with E-state index in [1.807, 2.05) is 12.1 Å². The summed E-state index contributed by atoms with van der Waals surface area (Å²) < 4.78 is 8.04. The molecule has 28 heavy (non-hydrogen) atoms. The highest BCUT2D eigenvalue weighted by Gasteiger charge is 2.18. The smallest absolute Gasteiger partial charge is 0.341 e. The molecule has 4 rings (SSSR count). The van der Waals surface area contributed by atoms with Gasteiger partial charge in [0.15, 0.2) is 0 Å². The number of pyridine rings is 3. The lowest BCUT2D eigenvalue weighted by Crippen LogP contribution is -2.31. The van der Waals surface area contributed by atoms with Gasteiger partial charge < -0.3 is 9.30 Å². The Labute approximate surface area is 159 Å². The molecule has 0 atom stereocenters. The fraction of sp³-hybridized carbons (Fsp3) is 0.150. The normalized spacial score (nSPS) is 11.0. The van der Waals surface area contributed by atoms with Crippen LogP contribution in [0.5, 0.6) is 0 Å². The number of ether oxygens (including phenoxy) is 1. The second kappa shape index (κ2) is 7.07. The van der Waals surface area contributed by atoms with E-state index >= 15 is 0 Å². The van der Waals surface area contributed by atoms with Crippen LogP contribution in [0.2, 0.25) is 0 Å². The molecule has 0 saturated carbocycles. The van der Waals surface area contributed by atoms with E-state index in [-0.39, 0.29) is 35.1 Å². The predicted molar refractivity (Wildman–Crippen MR) is 102 cm³/mol. The van der Waals surface area contributed by atoms with Gasteiger partial charge in [0.05, 0.1) is 18.5 Å². The second-order valence-electron chi connectivity index (χ2n) is 6.15. The number of aromatic nitrogens is 4. The number of hydrogen-bond donors (Lipinski definition) is 1. The van der Waals surface area contributed by atoms with Crippen molar-refractivity contribution in [3.05, 3.63) is 82.0 Å². The Morgan fingerprint density at radius 3 is 2.75 bits per heavy atom. The van der Waals surface area contributed by atoms with Crippen molar-refractivity contribution in [3.8, 4) is 0 Å². The number of carbonyl (C=O) groups excluding carboxylic acids is 1. The Morgan fingerprint density at radius 2 is 2.00 bits per heavy atom. The fourth-order valence-electron chi connectivity index (χ4n) is 3.08. The van der Waals surface area contributed by atoms with Crippen LogP contribution >= 0.6 is 0 Å². The molecule has 0 bridgehead atoms. The summed E-state index contributed by atoms with van der Waals surface area (Å²) in [6.45, 7) is 2.13. The molecule has 0 aliphatic heterocycles. The standard InChI is InChI=1S/C20H17N5O3/c1-2-28-20(27)14-11-15-18(23-16-5-3-4-10-24(16)19(15)26)25(17(14)21)12-13-6-8-22-9-7-13/h3-11,21H,2,12H2,1H3. The minimum atomic E-state index is -0.643. The average molecular weight is 375 g/mol. The van der Waals surface area contributed by atoms with Gasteiger partial charge in [0, 0.05) is 18.6 Å². The van der Waals surface area contributed by atoms with Crippen LogP contribution in [0.15, 0.2) is 59.8 Å². The number of fused-ring (bicyclic) bond motifs is 2. The highest BCUT2D eigenvalue weighted by Crippen LogP contribution is 2.12. The van der Waals surface area contributed by atoms with Crippen molar-refractivity contribution in [2.45, 2.75) is 13.5 Å². The molecular formula is C20H17N5O3. The van der Waals surface area contributed by atoms with Crippen molar-refractivity contribution in [2.24, 2.45) is 0 Å². The molecule has 0 aliphatic rings. The minimum absolute atomic E-state index is 0.0261. The highest BCUT2D eigenvalue weighted by molar-refractivity contribution is 5.93. The third-order valence-electron chi connectivity index (χ3n) is 4.40. The highest BCUT2D eigenvalue weighted by atomic mass is 16.5. The van der Waals surface area contributed by atoms with Crippen LogP contribution in [0.4, 0.5) is 0 Å². The summed E-state index contributed by atoms with van der Waals surface area (Å²) in [7, 11) is 0. The molecule has 0 spiro atoms. The largest absolute Gasteiger partial charge is 0.462 e. The van der Waals surface area contributed by atoms with Gasteiger partial charge in [-0.1, -0.05) is 6.07 Å². The summed E-state index contributed by atoms with van der Waals surface area (Å²) in [6.07, 6.45) is 4.92. The third-order valence-corrected chi connectivity index (χ3v) is 4.40. The molecule has 0 radical (unpaired) electrons. The zero-order valence-electron chi connectivity index (χ0n) is 15.1. The first-order valence-corrected chi connectivity index (χ1v) is 8.75. The number of hydrogen-bond acceptors (Lipinski definition) is 6. The van der Waals surface area contributed by atoms with Gasteiger partial charge in [-0.25, -0.2) is 9.78 Å². The number of carbonyl (C=O) groups is 1. The zero-order chi connectivity index (χ0) is 19.7. The van der Waals surface area contributed by atoms with Gasteiger partial charge in [-0.2, -0.15) is 0 Å². The first-order valence-electron chi connectivity index (χ1n) is 8.75. The van der Waals surface area contributed by atoms with Crippen molar-refractivity contribution >= 4 is 22.6 Å². The molecule has 4 aromatic rings. The van der Waals surface area contributed by atoms with Crippen LogP contribution in [0.3, 0.4) is 0 Å². The second-order valence-corrected chi connectivity index (χ2v) is 6.15. The van der Waals surface area contributed by atoms with Gasteiger partial charge in [-0.05, 0) is 42.8 Å². The molecule has 4 heterocycles. The van der Waals surface area contributed by atoms with E-state index < -0.39 is 5.97 Å². The summed E-state index contributed by atoms with van der Waals surface area (Å²) in [6, 6.07) is 10.3. The maximum atomic E-state index is 13.0. The van der Waals surface area contributed by atoms with Crippen molar-refractivity contribution < 1.29 is 9.53 Å². The van der Waals surface area contributed by atoms with Crippen LogP contribution < -0.4 is 11.0 Å². The van der Waals surface area contributed by atoms with Gasteiger partial charge in [-0.15, -0.1) is 0 Å². The van der Waals surface area contributed by atoms with Crippen LogP contribution in [0, 0.1) is 5.41 Å². The van der Waals surface area contributed by atoms with Gasteiger partial charge in [0.25, 0.3) is 5.56 Å². The summed E-state index contributed by atoms with van der Waals surface area (Å²) in [5.41, 5.74) is 1.33. The van der Waals surface area contributed by atoms with E-state index in [0.717, 1.165) is 5.56 Å². The lowest BCUT2D eigenvalue weighted by Gasteiger charge is -2.14. The monoisotopic (exact) mass is 375 g/mol. The van der Waals surface area contributed by atoms with Gasteiger partial charge in [-0.3, -0.25) is 19.6 Å². The molecule has 0 saturated heterocycles. The maximum absolute atomic E-state index is 13.0. The zero-order valence-corrected chi connectivity index (χ0v) is 15.1. The quantitative estimate of drug-likeness (QED) is 0.432. The lowest BCUT2D eigenvalue weighted by molar-refractivity contribution is 0.0523. The van der Waals surface area contributed by atoms with Gasteiger partial charge in [0.1, 0.15) is 22.3 Å².